The van der Waals surface area contributed by atoms with E-state index in [1.54, 1.807) is 0 Å². The summed E-state index contributed by atoms with van der Waals surface area (Å²) in [4.78, 5) is 14.9. The SMILES string of the molecule is NCC1CCC(C(=O)N2CCOC3CCCC32)CC1. The second-order valence-corrected chi connectivity index (χ2v) is 6.39. The number of fused-ring (bicyclic) bond motifs is 1. The Morgan fingerprint density at radius 3 is 2.68 bits per heavy atom. The summed E-state index contributed by atoms with van der Waals surface area (Å²) < 4.78 is 5.79. The third-order valence-corrected chi connectivity index (χ3v) is 5.29. The van der Waals surface area contributed by atoms with Gasteiger partial charge in [-0.2, -0.15) is 0 Å². The molecule has 2 saturated carbocycles. The van der Waals surface area contributed by atoms with Gasteiger partial charge in [0, 0.05) is 12.5 Å². The highest BCUT2D eigenvalue weighted by Gasteiger charge is 2.40. The van der Waals surface area contributed by atoms with Crippen LogP contribution in [-0.4, -0.2) is 42.6 Å². The zero-order chi connectivity index (χ0) is 13.2. The number of hydrogen-bond acceptors (Lipinski definition) is 3. The molecule has 4 heteroatoms. The Labute approximate surface area is 115 Å². The van der Waals surface area contributed by atoms with E-state index < -0.39 is 0 Å². The van der Waals surface area contributed by atoms with Crippen LogP contribution in [0.2, 0.25) is 0 Å². The topological polar surface area (TPSA) is 55.6 Å². The minimum Gasteiger partial charge on any atom is -0.374 e. The molecule has 1 heterocycles. The van der Waals surface area contributed by atoms with E-state index in [1.807, 2.05) is 0 Å². The van der Waals surface area contributed by atoms with Crippen LogP contribution in [0.25, 0.3) is 0 Å². The molecule has 0 radical (unpaired) electrons. The third-order valence-electron chi connectivity index (χ3n) is 5.29. The molecule has 2 aliphatic carbocycles. The fourth-order valence-electron chi connectivity index (χ4n) is 4.08. The van der Waals surface area contributed by atoms with Crippen LogP contribution in [0, 0.1) is 11.8 Å². The first-order valence-electron chi connectivity index (χ1n) is 7.91. The van der Waals surface area contributed by atoms with Crippen LogP contribution in [-0.2, 0) is 9.53 Å². The average Bonchev–Trinajstić information content (AvgIpc) is 2.95. The Morgan fingerprint density at radius 2 is 1.95 bits per heavy atom. The van der Waals surface area contributed by atoms with E-state index in [9.17, 15) is 4.79 Å². The number of rotatable bonds is 2. The van der Waals surface area contributed by atoms with Crippen LogP contribution in [0.3, 0.4) is 0 Å². The molecule has 0 bridgehead atoms. The summed E-state index contributed by atoms with van der Waals surface area (Å²) in [6, 6.07) is 0.369. The maximum atomic E-state index is 12.7. The summed E-state index contributed by atoms with van der Waals surface area (Å²) in [5.74, 6) is 1.30. The van der Waals surface area contributed by atoms with Crippen molar-refractivity contribution in [1.82, 2.24) is 4.90 Å². The van der Waals surface area contributed by atoms with Crippen LogP contribution in [0.5, 0.6) is 0 Å². The maximum Gasteiger partial charge on any atom is 0.226 e. The second kappa shape index (κ2) is 5.80. The van der Waals surface area contributed by atoms with Gasteiger partial charge < -0.3 is 15.4 Å². The number of nitrogens with two attached hydrogens (primary N) is 1. The van der Waals surface area contributed by atoms with Crippen molar-refractivity contribution in [1.29, 1.82) is 0 Å². The van der Waals surface area contributed by atoms with E-state index in [1.165, 1.54) is 6.42 Å². The van der Waals surface area contributed by atoms with Gasteiger partial charge in [-0.05, 0) is 57.4 Å². The summed E-state index contributed by atoms with van der Waals surface area (Å²) in [6.45, 7) is 2.31. The van der Waals surface area contributed by atoms with Crippen molar-refractivity contribution < 1.29 is 9.53 Å². The predicted octanol–water partition coefficient (Wildman–Crippen LogP) is 1.53. The molecule has 1 aliphatic heterocycles. The summed E-state index contributed by atoms with van der Waals surface area (Å²) in [5.41, 5.74) is 5.73. The second-order valence-electron chi connectivity index (χ2n) is 6.39. The van der Waals surface area contributed by atoms with Gasteiger partial charge in [0.25, 0.3) is 0 Å². The molecular formula is C15H26N2O2. The van der Waals surface area contributed by atoms with Crippen molar-refractivity contribution in [3.8, 4) is 0 Å². The highest BCUT2D eigenvalue weighted by atomic mass is 16.5. The zero-order valence-electron chi connectivity index (χ0n) is 11.7. The smallest absolute Gasteiger partial charge is 0.226 e. The van der Waals surface area contributed by atoms with Crippen LogP contribution in [0.1, 0.15) is 44.9 Å². The molecule has 0 aromatic rings. The molecule has 1 amide bonds. The molecule has 0 aromatic heterocycles. The first-order chi connectivity index (χ1) is 9.29. The van der Waals surface area contributed by atoms with E-state index in [0.717, 1.165) is 58.2 Å². The van der Waals surface area contributed by atoms with Gasteiger partial charge in [-0.3, -0.25) is 4.79 Å². The van der Waals surface area contributed by atoms with Gasteiger partial charge in [0.1, 0.15) is 0 Å². The van der Waals surface area contributed by atoms with E-state index in [4.69, 9.17) is 10.5 Å². The standard InChI is InChI=1S/C15H26N2O2/c16-10-11-4-6-12(7-5-11)15(18)17-8-9-19-14-3-1-2-13(14)17/h11-14H,1-10,16H2. The minimum absolute atomic E-state index is 0.252. The number of hydrogen-bond donors (Lipinski definition) is 1. The normalized spacial score (nSPS) is 39.1. The van der Waals surface area contributed by atoms with Gasteiger partial charge in [0.15, 0.2) is 0 Å². The van der Waals surface area contributed by atoms with Gasteiger partial charge in [-0.1, -0.05) is 0 Å². The molecule has 19 heavy (non-hydrogen) atoms. The van der Waals surface area contributed by atoms with E-state index in [2.05, 4.69) is 4.90 Å². The first-order valence-corrected chi connectivity index (χ1v) is 7.91. The lowest BCUT2D eigenvalue weighted by atomic mass is 9.81. The number of morpholine rings is 1. The molecule has 2 N–H and O–H groups in total. The lowest BCUT2D eigenvalue weighted by molar-refractivity contribution is -0.149. The summed E-state index contributed by atoms with van der Waals surface area (Å²) >= 11 is 0. The van der Waals surface area contributed by atoms with Crippen molar-refractivity contribution in [2.24, 2.45) is 17.6 Å². The number of carbonyl (C=O) groups excluding carboxylic acids is 1. The number of carbonyl (C=O) groups is 1. The highest BCUT2D eigenvalue weighted by Crippen LogP contribution is 2.34. The van der Waals surface area contributed by atoms with Crippen molar-refractivity contribution in [2.75, 3.05) is 19.7 Å². The largest absolute Gasteiger partial charge is 0.374 e. The fourth-order valence-corrected chi connectivity index (χ4v) is 4.08. The Kier molecular flexibility index (Phi) is 4.08. The quantitative estimate of drug-likeness (QED) is 0.824. The summed E-state index contributed by atoms with van der Waals surface area (Å²) in [7, 11) is 0. The Bertz CT molecular complexity index is 326. The van der Waals surface area contributed by atoms with Crippen molar-refractivity contribution >= 4 is 5.91 Å². The Morgan fingerprint density at radius 1 is 1.16 bits per heavy atom. The molecule has 108 valence electrons. The van der Waals surface area contributed by atoms with Crippen molar-refractivity contribution in [2.45, 2.75) is 57.1 Å². The van der Waals surface area contributed by atoms with Crippen LogP contribution in [0.4, 0.5) is 0 Å². The molecule has 0 aromatic carbocycles. The lowest BCUT2D eigenvalue weighted by Gasteiger charge is -2.40. The van der Waals surface area contributed by atoms with Gasteiger partial charge in [0.05, 0.1) is 18.8 Å². The molecule has 3 fully saturated rings. The number of amides is 1. The monoisotopic (exact) mass is 266 g/mol. The van der Waals surface area contributed by atoms with E-state index in [0.29, 0.717) is 24.0 Å². The fraction of sp³-hybridized carbons (Fsp3) is 0.933. The third kappa shape index (κ3) is 2.65. The van der Waals surface area contributed by atoms with Crippen LogP contribution < -0.4 is 5.73 Å². The molecule has 3 rings (SSSR count). The molecule has 2 unspecified atom stereocenters. The first kappa shape index (κ1) is 13.4. The molecule has 0 spiro atoms. The Hall–Kier alpha value is -0.610. The minimum atomic E-state index is 0.252. The van der Waals surface area contributed by atoms with Crippen LogP contribution >= 0.6 is 0 Å². The molecule has 2 atom stereocenters. The Balaban J connectivity index is 1.60. The summed E-state index contributed by atoms with van der Waals surface area (Å²) in [5, 5.41) is 0. The zero-order valence-corrected chi connectivity index (χ0v) is 11.7. The van der Waals surface area contributed by atoms with E-state index in [-0.39, 0.29) is 5.92 Å². The average molecular weight is 266 g/mol. The van der Waals surface area contributed by atoms with Crippen molar-refractivity contribution in [3.05, 3.63) is 0 Å². The van der Waals surface area contributed by atoms with Gasteiger partial charge in [-0.25, -0.2) is 0 Å². The van der Waals surface area contributed by atoms with Gasteiger partial charge in [0.2, 0.25) is 5.91 Å². The summed E-state index contributed by atoms with van der Waals surface area (Å²) in [6.07, 6.45) is 8.13. The van der Waals surface area contributed by atoms with Crippen molar-refractivity contribution in [3.63, 3.8) is 0 Å². The molecule has 3 aliphatic rings. The van der Waals surface area contributed by atoms with Gasteiger partial charge in [-0.15, -0.1) is 0 Å². The highest BCUT2D eigenvalue weighted by molar-refractivity contribution is 5.79. The molecular weight excluding hydrogens is 240 g/mol. The lowest BCUT2D eigenvalue weighted by Crippen LogP contribution is -2.53. The van der Waals surface area contributed by atoms with E-state index >= 15 is 0 Å². The maximum absolute atomic E-state index is 12.7. The molecule has 4 nitrogen and oxygen atoms in total. The van der Waals surface area contributed by atoms with Gasteiger partial charge >= 0.3 is 0 Å². The number of ether oxygens (including phenoxy) is 1. The van der Waals surface area contributed by atoms with Crippen LogP contribution in [0.15, 0.2) is 0 Å². The molecule has 1 saturated heterocycles. The predicted molar refractivity (Wildman–Crippen MR) is 73.6 cm³/mol. The number of nitrogens with zero attached hydrogens (tertiary/aromatic N) is 1.